The van der Waals surface area contributed by atoms with E-state index in [1.807, 2.05) is 24.3 Å². The van der Waals surface area contributed by atoms with Gasteiger partial charge in [-0.1, -0.05) is 22.0 Å². The fourth-order valence-corrected chi connectivity index (χ4v) is 3.13. The Labute approximate surface area is 129 Å². The van der Waals surface area contributed by atoms with Crippen LogP contribution >= 0.6 is 15.9 Å². The Morgan fingerprint density at radius 2 is 1.90 bits per heavy atom. The molecule has 0 aliphatic carbocycles. The lowest BCUT2D eigenvalue weighted by Gasteiger charge is -2.01. The number of benzene rings is 2. The molecule has 2 heterocycles. The van der Waals surface area contributed by atoms with Gasteiger partial charge in [-0.2, -0.15) is 0 Å². The summed E-state index contributed by atoms with van der Waals surface area (Å²) >= 11 is 3.52. The maximum Gasteiger partial charge on any atom is 0.140 e. The molecule has 0 spiro atoms. The third-order valence-electron chi connectivity index (χ3n) is 3.50. The van der Waals surface area contributed by atoms with Crippen LogP contribution in [0.2, 0.25) is 0 Å². The number of nitrogens with zero attached hydrogens (tertiary/aromatic N) is 3. The van der Waals surface area contributed by atoms with Crippen LogP contribution in [-0.2, 0) is 0 Å². The molecule has 102 valence electrons. The summed E-state index contributed by atoms with van der Waals surface area (Å²) in [6.45, 7) is 2.06. The number of imidazole rings is 1. The number of halogens is 1. The van der Waals surface area contributed by atoms with Crippen LogP contribution in [0, 0.1) is 6.92 Å². The third-order valence-corrected chi connectivity index (χ3v) is 3.95. The van der Waals surface area contributed by atoms with E-state index >= 15 is 0 Å². The zero-order valence-corrected chi connectivity index (χ0v) is 12.8. The first-order valence-electron chi connectivity index (χ1n) is 6.58. The van der Waals surface area contributed by atoms with E-state index in [-0.39, 0.29) is 0 Å². The van der Waals surface area contributed by atoms with Crippen LogP contribution in [0.1, 0.15) is 5.56 Å². The number of rotatable bonds is 1. The van der Waals surface area contributed by atoms with Crippen molar-refractivity contribution in [2.24, 2.45) is 0 Å². The van der Waals surface area contributed by atoms with Gasteiger partial charge in [0.05, 0.1) is 22.1 Å². The highest BCUT2D eigenvalue weighted by Gasteiger charge is 2.11. The first-order valence-corrected chi connectivity index (χ1v) is 7.37. The van der Waals surface area contributed by atoms with Gasteiger partial charge in [0.15, 0.2) is 0 Å². The quantitative estimate of drug-likeness (QED) is 0.564. The van der Waals surface area contributed by atoms with Crippen LogP contribution in [0.4, 0.5) is 0 Å². The zero-order chi connectivity index (χ0) is 14.4. The SMILES string of the molecule is Cc1cc(Br)cc2[nH]c(-c3cccc4nccnc34)nc12. The van der Waals surface area contributed by atoms with Crippen molar-refractivity contribution in [3.05, 3.63) is 52.8 Å². The van der Waals surface area contributed by atoms with Crippen LogP contribution in [0.15, 0.2) is 47.2 Å². The van der Waals surface area contributed by atoms with Crippen LogP contribution in [0.25, 0.3) is 33.5 Å². The van der Waals surface area contributed by atoms with Crippen LogP contribution in [0.5, 0.6) is 0 Å². The number of aryl methyl sites for hydroxylation is 1. The van der Waals surface area contributed by atoms with Crippen LogP contribution in [-0.4, -0.2) is 19.9 Å². The lowest BCUT2D eigenvalue weighted by Crippen LogP contribution is -1.88. The van der Waals surface area contributed by atoms with Gasteiger partial charge in [0, 0.05) is 22.4 Å². The number of hydrogen-bond acceptors (Lipinski definition) is 3. The predicted octanol–water partition coefficient (Wildman–Crippen LogP) is 4.24. The summed E-state index contributed by atoms with van der Waals surface area (Å²) < 4.78 is 1.04. The molecule has 0 aliphatic rings. The predicted molar refractivity (Wildman–Crippen MR) is 87.1 cm³/mol. The lowest BCUT2D eigenvalue weighted by atomic mass is 10.1. The van der Waals surface area contributed by atoms with E-state index in [4.69, 9.17) is 4.98 Å². The van der Waals surface area contributed by atoms with Crippen LogP contribution in [0.3, 0.4) is 0 Å². The van der Waals surface area contributed by atoms with Gasteiger partial charge >= 0.3 is 0 Å². The average molecular weight is 339 g/mol. The minimum absolute atomic E-state index is 0.817. The van der Waals surface area contributed by atoms with Crippen molar-refractivity contribution in [3.8, 4) is 11.4 Å². The topological polar surface area (TPSA) is 54.5 Å². The van der Waals surface area contributed by atoms with E-state index in [0.29, 0.717) is 0 Å². The maximum atomic E-state index is 4.73. The van der Waals surface area contributed by atoms with E-state index in [1.54, 1.807) is 12.4 Å². The van der Waals surface area contributed by atoms with E-state index < -0.39 is 0 Å². The highest BCUT2D eigenvalue weighted by atomic mass is 79.9. The first kappa shape index (κ1) is 12.5. The number of nitrogens with one attached hydrogen (secondary N) is 1. The number of fused-ring (bicyclic) bond motifs is 2. The van der Waals surface area contributed by atoms with Crippen molar-refractivity contribution in [1.29, 1.82) is 0 Å². The summed E-state index contributed by atoms with van der Waals surface area (Å²) in [4.78, 5) is 16.9. The number of H-pyrrole nitrogens is 1. The molecule has 0 aliphatic heterocycles. The van der Waals surface area contributed by atoms with Gasteiger partial charge in [-0.3, -0.25) is 9.97 Å². The Morgan fingerprint density at radius 3 is 2.81 bits per heavy atom. The first-order chi connectivity index (χ1) is 10.2. The second kappa shape index (κ2) is 4.63. The second-order valence-electron chi connectivity index (χ2n) is 4.93. The van der Waals surface area contributed by atoms with Gasteiger partial charge in [-0.15, -0.1) is 0 Å². The molecule has 0 unspecified atom stereocenters. The summed E-state index contributed by atoms with van der Waals surface area (Å²) in [5.41, 5.74) is 5.82. The molecule has 4 aromatic rings. The number of hydrogen-bond donors (Lipinski definition) is 1. The fourth-order valence-electron chi connectivity index (χ4n) is 2.56. The molecule has 21 heavy (non-hydrogen) atoms. The van der Waals surface area contributed by atoms with Gasteiger partial charge in [0.1, 0.15) is 5.82 Å². The van der Waals surface area contributed by atoms with Gasteiger partial charge < -0.3 is 4.98 Å². The van der Waals surface area contributed by atoms with Gasteiger partial charge in [-0.05, 0) is 36.8 Å². The van der Waals surface area contributed by atoms with Crippen molar-refractivity contribution in [3.63, 3.8) is 0 Å². The minimum atomic E-state index is 0.817. The van der Waals surface area contributed by atoms with Gasteiger partial charge in [0.2, 0.25) is 0 Å². The highest BCUT2D eigenvalue weighted by molar-refractivity contribution is 9.10. The molecular formula is C16H11BrN4. The van der Waals surface area contributed by atoms with E-state index in [0.717, 1.165) is 43.5 Å². The number of para-hydroxylation sites is 1. The lowest BCUT2D eigenvalue weighted by molar-refractivity contribution is 1.27. The third kappa shape index (κ3) is 2.01. The smallest absolute Gasteiger partial charge is 0.140 e. The van der Waals surface area contributed by atoms with E-state index in [9.17, 15) is 0 Å². The van der Waals surface area contributed by atoms with Crippen molar-refractivity contribution in [2.45, 2.75) is 6.92 Å². The largest absolute Gasteiger partial charge is 0.338 e. The van der Waals surface area contributed by atoms with Gasteiger partial charge in [-0.25, -0.2) is 4.98 Å². The Bertz CT molecular complexity index is 969. The number of aromatic amines is 1. The van der Waals surface area contributed by atoms with Gasteiger partial charge in [0.25, 0.3) is 0 Å². The molecule has 2 aromatic carbocycles. The fraction of sp³-hybridized carbons (Fsp3) is 0.0625. The Kier molecular flexibility index (Phi) is 2.75. The standard InChI is InChI=1S/C16H11BrN4/c1-9-7-10(17)8-13-14(9)21-16(20-13)11-3-2-4-12-15(11)19-6-5-18-12/h2-8H,1H3,(H,20,21). The molecule has 4 nitrogen and oxygen atoms in total. The second-order valence-corrected chi connectivity index (χ2v) is 5.85. The summed E-state index contributed by atoms with van der Waals surface area (Å²) in [6.07, 6.45) is 3.41. The molecule has 1 N–H and O–H groups in total. The van der Waals surface area contributed by atoms with E-state index in [2.05, 4.69) is 43.9 Å². The molecule has 2 aromatic heterocycles. The Morgan fingerprint density at radius 1 is 1.05 bits per heavy atom. The van der Waals surface area contributed by atoms with Crippen molar-refractivity contribution >= 4 is 38.0 Å². The average Bonchev–Trinajstić information content (AvgIpc) is 2.90. The van der Waals surface area contributed by atoms with Crippen molar-refractivity contribution in [2.75, 3.05) is 0 Å². The molecule has 0 fully saturated rings. The summed E-state index contributed by atoms with van der Waals surface area (Å²) in [5.74, 6) is 0.817. The molecule has 0 atom stereocenters. The Hall–Kier alpha value is -2.27. The molecule has 5 heteroatoms. The molecule has 0 amide bonds. The molecule has 0 bridgehead atoms. The normalized spacial score (nSPS) is 11.3. The molecular weight excluding hydrogens is 328 g/mol. The monoisotopic (exact) mass is 338 g/mol. The maximum absolute atomic E-state index is 4.73. The molecule has 0 saturated heterocycles. The number of aromatic nitrogens is 4. The molecule has 0 radical (unpaired) electrons. The summed E-state index contributed by atoms with van der Waals surface area (Å²) in [5, 5.41) is 0. The van der Waals surface area contributed by atoms with Crippen molar-refractivity contribution in [1.82, 2.24) is 19.9 Å². The molecule has 0 saturated carbocycles. The highest BCUT2D eigenvalue weighted by Crippen LogP contribution is 2.28. The van der Waals surface area contributed by atoms with Crippen molar-refractivity contribution < 1.29 is 0 Å². The minimum Gasteiger partial charge on any atom is -0.338 e. The summed E-state index contributed by atoms with van der Waals surface area (Å²) in [7, 11) is 0. The molecule has 4 rings (SSSR count). The van der Waals surface area contributed by atoms with E-state index in [1.165, 1.54) is 0 Å². The zero-order valence-electron chi connectivity index (χ0n) is 11.3. The van der Waals surface area contributed by atoms with Crippen LogP contribution < -0.4 is 0 Å². The Balaban J connectivity index is 2.03. The summed E-state index contributed by atoms with van der Waals surface area (Å²) in [6, 6.07) is 10.0.